The van der Waals surface area contributed by atoms with Gasteiger partial charge >= 0.3 is 12.3 Å². The van der Waals surface area contributed by atoms with E-state index in [9.17, 15) is 9.18 Å². The molecule has 1 atom stereocenters. The molecule has 0 heterocycles. The van der Waals surface area contributed by atoms with Crippen LogP contribution in [0.15, 0.2) is 18.2 Å². The summed E-state index contributed by atoms with van der Waals surface area (Å²) in [7, 11) is 1.30. The molecule has 1 unspecified atom stereocenters. The summed E-state index contributed by atoms with van der Waals surface area (Å²) in [6.45, 7) is 0. The Morgan fingerprint density at radius 1 is 1.56 bits per heavy atom. The molecule has 1 aromatic carbocycles. The Balaban J connectivity index is 2.97. The van der Waals surface area contributed by atoms with Gasteiger partial charge in [-0.1, -0.05) is 0 Å². The number of carboxylic acid groups (broad SMARTS) is 1. The maximum absolute atomic E-state index is 12.8. The average Bonchev–Trinajstić information content (AvgIpc) is 2.29. The molecule has 0 aliphatic heterocycles. The molecule has 1 rings (SSSR count). The van der Waals surface area contributed by atoms with Crippen LogP contribution in [0.5, 0.6) is 11.5 Å². The predicted octanol–water partition coefficient (Wildman–Crippen LogP) is 1.33. The molecule has 0 aromatic heterocycles. The topological polar surface area (TPSA) is 79.5 Å². The lowest BCUT2D eigenvalue weighted by atomic mass is 10.2. The van der Waals surface area contributed by atoms with Gasteiger partial charge in [-0.3, -0.25) is 0 Å². The summed E-state index contributed by atoms with van der Waals surface area (Å²) in [5.74, 6) is -1.70. The van der Waals surface area contributed by atoms with Crippen LogP contribution in [-0.4, -0.2) is 24.5 Å². The van der Waals surface area contributed by atoms with Crippen molar-refractivity contribution >= 4 is 5.97 Å². The van der Waals surface area contributed by atoms with Crippen LogP contribution in [0.4, 0.5) is 4.39 Å². The van der Waals surface area contributed by atoms with Crippen LogP contribution in [-0.2, 0) is 4.79 Å². The first-order valence-electron chi connectivity index (χ1n) is 4.20. The fourth-order valence-corrected chi connectivity index (χ4v) is 0.996. The number of carbonyl (C=O) groups is 1. The number of hydrogen-bond acceptors (Lipinski definition) is 4. The second-order valence-electron chi connectivity index (χ2n) is 2.75. The van der Waals surface area contributed by atoms with Crippen LogP contribution in [0.1, 0.15) is 5.56 Å². The molecule has 0 radical (unpaired) electrons. The van der Waals surface area contributed by atoms with E-state index in [4.69, 9.17) is 15.1 Å². The van der Waals surface area contributed by atoms with Crippen LogP contribution >= 0.6 is 0 Å². The molecule has 0 saturated heterocycles. The normalized spacial score (nSPS) is 11.3. The van der Waals surface area contributed by atoms with Gasteiger partial charge in [0, 0.05) is 6.07 Å². The molecule has 0 bridgehead atoms. The minimum atomic E-state index is -2.47. The lowest BCUT2D eigenvalue weighted by Gasteiger charge is -2.11. The number of ether oxygens (including phenoxy) is 2. The predicted molar refractivity (Wildman–Crippen MR) is 50.9 cm³/mol. The minimum absolute atomic E-state index is 0.0728. The highest BCUT2D eigenvalue weighted by atomic mass is 19.1. The van der Waals surface area contributed by atoms with Crippen LogP contribution in [0.2, 0.25) is 0 Å². The highest BCUT2D eigenvalue weighted by Gasteiger charge is 2.19. The Morgan fingerprint density at radius 2 is 2.25 bits per heavy atom. The first kappa shape index (κ1) is 11.8. The summed E-state index contributed by atoms with van der Waals surface area (Å²) < 4.78 is 22.1. The Labute approximate surface area is 90.6 Å². The molecule has 0 fully saturated rings. The second kappa shape index (κ2) is 4.98. The lowest BCUT2D eigenvalue weighted by Crippen LogP contribution is -2.21. The minimum Gasteiger partial charge on any atom is -0.493 e. The third-order valence-electron chi connectivity index (χ3n) is 1.72. The number of hydrogen-bond donors (Lipinski definition) is 1. The van der Waals surface area contributed by atoms with Crippen molar-refractivity contribution in [3.8, 4) is 17.6 Å². The molecule has 0 aliphatic carbocycles. The van der Waals surface area contributed by atoms with E-state index in [1.54, 1.807) is 0 Å². The van der Waals surface area contributed by atoms with E-state index in [0.29, 0.717) is 5.56 Å². The van der Waals surface area contributed by atoms with E-state index in [0.717, 1.165) is 0 Å². The van der Waals surface area contributed by atoms with Gasteiger partial charge in [-0.15, -0.1) is 0 Å². The van der Waals surface area contributed by atoms with Gasteiger partial charge < -0.3 is 14.6 Å². The van der Waals surface area contributed by atoms with Crippen molar-refractivity contribution in [3.63, 3.8) is 0 Å². The standard InChI is InChI=1S/C10H8FNO4/c1-15-8-4-6(5-12)2-3-7(8)16-9(11)10(13)14/h2-4,9H,1H3,(H,13,14). The van der Waals surface area contributed by atoms with Gasteiger partial charge in [-0.25, -0.2) is 4.79 Å². The number of rotatable bonds is 4. The number of nitriles is 1. The quantitative estimate of drug-likeness (QED) is 0.835. The van der Waals surface area contributed by atoms with Crippen molar-refractivity contribution in [2.75, 3.05) is 7.11 Å². The van der Waals surface area contributed by atoms with Crippen molar-refractivity contribution in [2.24, 2.45) is 0 Å². The number of methoxy groups -OCH3 is 1. The van der Waals surface area contributed by atoms with Gasteiger partial charge in [0.15, 0.2) is 11.5 Å². The number of nitrogens with zero attached hydrogens (tertiary/aromatic N) is 1. The first-order valence-corrected chi connectivity index (χ1v) is 4.20. The molecule has 0 spiro atoms. The van der Waals surface area contributed by atoms with E-state index in [1.807, 2.05) is 6.07 Å². The zero-order valence-corrected chi connectivity index (χ0v) is 8.31. The van der Waals surface area contributed by atoms with Crippen LogP contribution in [0.25, 0.3) is 0 Å². The zero-order valence-electron chi connectivity index (χ0n) is 8.31. The van der Waals surface area contributed by atoms with Gasteiger partial charge in [0.1, 0.15) is 0 Å². The smallest absolute Gasteiger partial charge is 0.378 e. The number of halogens is 1. The summed E-state index contributed by atoms with van der Waals surface area (Å²) in [6, 6.07) is 5.82. The Hall–Kier alpha value is -2.29. The molecule has 6 heteroatoms. The summed E-state index contributed by atoms with van der Waals surface area (Å²) in [5.41, 5.74) is 0.301. The first-order chi connectivity index (χ1) is 7.58. The van der Waals surface area contributed by atoms with Crippen molar-refractivity contribution < 1.29 is 23.8 Å². The Morgan fingerprint density at radius 3 is 2.75 bits per heavy atom. The maximum Gasteiger partial charge on any atom is 0.378 e. The van der Waals surface area contributed by atoms with E-state index in [1.165, 1.54) is 25.3 Å². The summed E-state index contributed by atoms with van der Waals surface area (Å²) in [6.07, 6.45) is -2.47. The number of alkyl halides is 1. The van der Waals surface area contributed by atoms with E-state index in [2.05, 4.69) is 4.74 Å². The van der Waals surface area contributed by atoms with Crippen molar-refractivity contribution in [2.45, 2.75) is 6.36 Å². The van der Waals surface area contributed by atoms with Gasteiger partial charge in [-0.05, 0) is 12.1 Å². The largest absolute Gasteiger partial charge is 0.493 e. The van der Waals surface area contributed by atoms with Gasteiger partial charge in [0.25, 0.3) is 0 Å². The Kier molecular flexibility index (Phi) is 3.67. The molecule has 84 valence electrons. The molecule has 0 saturated carbocycles. The fourth-order valence-electron chi connectivity index (χ4n) is 0.996. The van der Waals surface area contributed by atoms with Crippen LogP contribution < -0.4 is 9.47 Å². The zero-order chi connectivity index (χ0) is 12.1. The van der Waals surface area contributed by atoms with Gasteiger partial charge in [0.05, 0.1) is 18.7 Å². The molecule has 0 aliphatic rings. The average molecular weight is 225 g/mol. The summed E-state index contributed by atoms with van der Waals surface area (Å²) >= 11 is 0. The van der Waals surface area contributed by atoms with Crippen LogP contribution in [0.3, 0.4) is 0 Å². The van der Waals surface area contributed by atoms with E-state index in [-0.39, 0.29) is 11.5 Å². The van der Waals surface area contributed by atoms with E-state index >= 15 is 0 Å². The summed E-state index contributed by atoms with van der Waals surface area (Å²) in [5, 5.41) is 16.9. The third-order valence-corrected chi connectivity index (χ3v) is 1.72. The van der Waals surface area contributed by atoms with Gasteiger partial charge in [-0.2, -0.15) is 9.65 Å². The number of carboxylic acids is 1. The molecule has 0 amide bonds. The van der Waals surface area contributed by atoms with Crippen molar-refractivity contribution in [3.05, 3.63) is 23.8 Å². The second-order valence-corrected chi connectivity index (χ2v) is 2.75. The summed E-state index contributed by atoms with van der Waals surface area (Å²) in [4.78, 5) is 10.2. The van der Waals surface area contributed by atoms with Crippen LogP contribution in [0, 0.1) is 11.3 Å². The number of aliphatic carboxylic acids is 1. The third kappa shape index (κ3) is 2.60. The maximum atomic E-state index is 12.8. The van der Waals surface area contributed by atoms with Gasteiger partial charge in [0.2, 0.25) is 0 Å². The monoisotopic (exact) mass is 225 g/mol. The SMILES string of the molecule is COc1cc(C#N)ccc1OC(F)C(=O)O. The molecule has 16 heavy (non-hydrogen) atoms. The highest BCUT2D eigenvalue weighted by Crippen LogP contribution is 2.28. The number of benzene rings is 1. The molecular formula is C10H8FNO4. The van der Waals surface area contributed by atoms with Crippen molar-refractivity contribution in [1.29, 1.82) is 5.26 Å². The lowest BCUT2D eigenvalue weighted by molar-refractivity contribution is -0.153. The van der Waals surface area contributed by atoms with E-state index < -0.39 is 12.3 Å². The molecular weight excluding hydrogens is 217 g/mol. The highest BCUT2D eigenvalue weighted by molar-refractivity contribution is 5.71. The van der Waals surface area contributed by atoms with Crippen molar-refractivity contribution in [1.82, 2.24) is 0 Å². The Bertz CT molecular complexity index is 441. The molecule has 1 N–H and O–H groups in total. The fraction of sp³-hybridized carbons (Fsp3) is 0.200. The molecule has 5 nitrogen and oxygen atoms in total. The molecule has 1 aromatic rings.